The maximum atomic E-state index is 12.7. The van der Waals surface area contributed by atoms with Gasteiger partial charge >= 0.3 is 6.09 Å². The van der Waals surface area contributed by atoms with Gasteiger partial charge in [0.1, 0.15) is 18.5 Å². The van der Waals surface area contributed by atoms with E-state index < -0.39 is 18.1 Å². The van der Waals surface area contributed by atoms with Crippen molar-refractivity contribution in [2.24, 2.45) is 0 Å². The lowest BCUT2D eigenvalue weighted by Crippen LogP contribution is -2.18. The number of aliphatic hydroxyl groups excluding tert-OH is 1. The molecular formula is C28H29N3O6. The standard InChI is InChI=1S/C28H29N3O6/c1-19(33)20-13-15-21(16-14-20)30-28(35)37-26(22-7-2-5-10-25(22)36-18-17-32)11-6-12-27(34)31-24-9-4-3-8-23(24)29/h2-10,12-16,26,32H,11,17-18,29H2,1H3,(H,30,35)(H,31,34)/b12-6+/t26-/m1/s1. The van der Waals surface area contributed by atoms with Crippen LogP contribution in [0, 0.1) is 0 Å². The summed E-state index contributed by atoms with van der Waals surface area (Å²) in [6.07, 6.45) is 1.54. The van der Waals surface area contributed by atoms with E-state index in [2.05, 4.69) is 10.6 Å². The minimum Gasteiger partial charge on any atom is -0.491 e. The SMILES string of the molecule is CC(=O)c1ccc(NC(=O)O[C@H](C/C=C/C(=O)Nc2ccccc2N)c2ccccc2OCCO)cc1. The summed E-state index contributed by atoms with van der Waals surface area (Å²) < 4.78 is 11.3. The number of amides is 2. The highest BCUT2D eigenvalue weighted by Gasteiger charge is 2.20. The van der Waals surface area contributed by atoms with Crippen molar-refractivity contribution in [3.8, 4) is 5.75 Å². The van der Waals surface area contributed by atoms with E-state index in [1.54, 1.807) is 78.9 Å². The molecule has 1 atom stereocenters. The summed E-state index contributed by atoms with van der Waals surface area (Å²) in [5.74, 6) is -0.0361. The van der Waals surface area contributed by atoms with Crippen LogP contribution in [0.3, 0.4) is 0 Å². The van der Waals surface area contributed by atoms with Gasteiger partial charge in [-0.2, -0.15) is 0 Å². The lowest BCUT2D eigenvalue weighted by molar-refractivity contribution is -0.111. The number of hydrogen-bond acceptors (Lipinski definition) is 7. The van der Waals surface area contributed by atoms with Gasteiger partial charge in [0.15, 0.2) is 5.78 Å². The normalized spacial score (nSPS) is 11.5. The van der Waals surface area contributed by atoms with E-state index in [0.717, 1.165) is 0 Å². The molecule has 0 saturated carbocycles. The second kappa shape index (κ2) is 13.5. The smallest absolute Gasteiger partial charge is 0.412 e. The lowest BCUT2D eigenvalue weighted by Gasteiger charge is -2.20. The van der Waals surface area contributed by atoms with E-state index in [0.29, 0.717) is 33.9 Å². The molecule has 0 aliphatic heterocycles. The number of hydrogen-bond donors (Lipinski definition) is 4. The molecular weight excluding hydrogens is 474 g/mol. The Morgan fingerprint density at radius 2 is 1.68 bits per heavy atom. The molecule has 3 rings (SSSR count). The fraction of sp³-hybridized carbons (Fsp3) is 0.179. The largest absolute Gasteiger partial charge is 0.491 e. The first kappa shape index (κ1) is 27.0. The molecule has 0 radical (unpaired) electrons. The van der Waals surface area contributed by atoms with Gasteiger partial charge in [0.2, 0.25) is 5.91 Å². The Kier molecular flexibility index (Phi) is 9.81. The van der Waals surface area contributed by atoms with Crippen molar-refractivity contribution < 1.29 is 29.0 Å². The molecule has 9 heteroatoms. The van der Waals surface area contributed by atoms with Gasteiger partial charge in [-0.1, -0.05) is 36.4 Å². The average Bonchev–Trinajstić information content (AvgIpc) is 2.88. The van der Waals surface area contributed by atoms with Gasteiger partial charge in [-0.05, 0) is 55.5 Å². The van der Waals surface area contributed by atoms with E-state index in [-0.39, 0.29) is 25.4 Å². The highest BCUT2D eigenvalue weighted by molar-refractivity contribution is 6.01. The zero-order chi connectivity index (χ0) is 26.6. The number of aliphatic hydroxyl groups is 1. The fourth-order valence-electron chi connectivity index (χ4n) is 3.42. The van der Waals surface area contributed by atoms with Gasteiger partial charge in [0, 0.05) is 23.2 Å². The highest BCUT2D eigenvalue weighted by Crippen LogP contribution is 2.31. The van der Waals surface area contributed by atoms with Crippen molar-refractivity contribution >= 4 is 34.8 Å². The highest BCUT2D eigenvalue weighted by atomic mass is 16.6. The monoisotopic (exact) mass is 503 g/mol. The zero-order valence-corrected chi connectivity index (χ0v) is 20.3. The third-order valence-corrected chi connectivity index (χ3v) is 5.24. The van der Waals surface area contributed by atoms with Crippen molar-refractivity contribution in [1.82, 2.24) is 0 Å². The molecule has 37 heavy (non-hydrogen) atoms. The van der Waals surface area contributed by atoms with Crippen molar-refractivity contribution in [1.29, 1.82) is 0 Å². The number of benzene rings is 3. The van der Waals surface area contributed by atoms with Gasteiger partial charge < -0.3 is 25.6 Å². The van der Waals surface area contributed by atoms with E-state index in [1.807, 2.05) is 0 Å². The Hall–Kier alpha value is -4.63. The molecule has 0 spiro atoms. The maximum Gasteiger partial charge on any atom is 0.412 e. The number of carbonyl (C=O) groups is 3. The Labute approximate surface area is 214 Å². The van der Waals surface area contributed by atoms with Crippen LogP contribution in [-0.4, -0.2) is 36.1 Å². The third-order valence-electron chi connectivity index (χ3n) is 5.24. The molecule has 2 amide bonds. The van der Waals surface area contributed by atoms with E-state index in [4.69, 9.17) is 20.3 Å². The minimum absolute atomic E-state index is 0.0647. The molecule has 9 nitrogen and oxygen atoms in total. The van der Waals surface area contributed by atoms with Crippen LogP contribution in [-0.2, 0) is 9.53 Å². The van der Waals surface area contributed by atoms with Gasteiger partial charge in [-0.15, -0.1) is 0 Å². The Bertz CT molecular complexity index is 1260. The number of ether oxygens (including phenoxy) is 2. The number of carbonyl (C=O) groups excluding carboxylic acids is 3. The molecule has 0 heterocycles. The van der Waals surface area contributed by atoms with Crippen LogP contribution in [0.4, 0.5) is 21.9 Å². The molecule has 0 aliphatic carbocycles. The number of nitrogen functional groups attached to an aromatic ring is 1. The number of nitrogens with one attached hydrogen (secondary N) is 2. The zero-order valence-electron chi connectivity index (χ0n) is 20.3. The lowest BCUT2D eigenvalue weighted by atomic mass is 10.0. The predicted molar refractivity (Wildman–Crippen MR) is 142 cm³/mol. The van der Waals surface area contributed by atoms with Crippen molar-refractivity contribution in [3.05, 3.63) is 96.1 Å². The molecule has 5 N–H and O–H groups in total. The van der Waals surface area contributed by atoms with E-state index in [1.165, 1.54) is 13.0 Å². The van der Waals surface area contributed by atoms with Crippen molar-refractivity contribution in [2.45, 2.75) is 19.4 Å². The summed E-state index contributed by atoms with van der Waals surface area (Å²) in [4.78, 5) is 36.6. The van der Waals surface area contributed by atoms with Crippen molar-refractivity contribution in [2.75, 3.05) is 29.6 Å². The summed E-state index contributed by atoms with van der Waals surface area (Å²) in [5, 5.41) is 14.5. The number of para-hydroxylation sites is 3. The molecule has 0 unspecified atom stereocenters. The van der Waals surface area contributed by atoms with Crippen LogP contribution in [0.2, 0.25) is 0 Å². The number of nitrogens with two attached hydrogens (primary N) is 1. The molecule has 192 valence electrons. The van der Waals surface area contributed by atoms with Gasteiger partial charge in [-0.25, -0.2) is 4.79 Å². The number of rotatable bonds is 11. The first-order valence-corrected chi connectivity index (χ1v) is 11.6. The third kappa shape index (κ3) is 8.22. The fourth-order valence-corrected chi connectivity index (χ4v) is 3.42. The van der Waals surface area contributed by atoms with Crippen LogP contribution in [0.5, 0.6) is 5.75 Å². The quantitative estimate of drug-likeness (QED) is 0.169. The van der Waals surface area contributed by atoms with E-state index in [9.17, 15) is 14.4 Å². The summed E-state index contributed by atoms with van der Waals surface area (Å²) in [7, 11) is 0. The summed E-state index contributed by atoms with van der Waals surface area (Å²) in [6.45, 7) is 1.34. The van der Waals surface area contributed by atoms with Gasteiger partial charge in [-0.3, -0.25) is 14.9 Å². The van der Waals surface area contributed by atoms with Crippen LogP contribution in [0.25, 0.3) is 0 Å². The summed E-state index contributed by atoms with van der Waals surface area (Å²) in [5.41, 5.74) is 8.33. The Morgan fingerprint density at radius 3 is 2.38 bits per heavy atom. The second-order valence-electron chi connectivity index (χ2n) is 7.98. The number of ketones is 1. The minimum atomic E-state index is -0.808. The molecule has 0 bridgehead atoms. The first-order chi connectivity index (χ1) is 17.9. The van der Waals surface area contributed by atoms with Crippen LogP contribution >= 0.6 is 0 Å². The Balaban J connectivity index is 1.74. The number of anilines is 3. The molecule has 0 fully saturated rings. The topological polar surface area (TPSA) is 140 Å². The molecule has 3 aromatic carbocycles. The van der Waals surface area contributed by atoms with Crippen LogP contribution in [0.15, 0.2) is 84.9 Å². The average molecular weight is 504 g/mol. The predicted octanol–water partition coefficient (Wildman–Crippen LogP) is 4.72. The molecule has 0 saturated heterocycles. The first-order valence-electron chi connectivity index (χ1n) is 11.6. The summed E-state index contributed by atoms with van der Waals surface area (Å²) in [6, 6.07) is 20.3. The Morgan fingerprint density at radius 1 is 0.973 bits per heavy atom. The number of Topliss-reactive ketones (excluding diaryl/α,β-unsaturated/α-hetero) is 1. The van der Waals surface area contributed by atoms with Gasteiger partial charge in [0.05, 0.1) is 18.0 Å². The maximum absolute atomic E-state index is 12.7. The molecule has 0 aromatic heterocycles. The second-order valence-corrected chi connectivity index (χ2v) is 7.98. The molecule has 0 aliphatic rings. The van der Waals surface area contributed by atoms with Gasteiger partial charge in [0.25, 0.3) is 0 Å². The van der Waals surface area contributed by atoms with Crippen molar-refractivity contribution in [3.63, 3.8) is 0 Å². The van der Waals surface area contributed by atoms with Crippen LogP contribution < -0.4 is 21.1 Å². The summed E-state index contributed by atoms with van der Waals surface area (Å²) >= 11 is 0. The van der Waals surface area contributed by atoms with E-state index >= 15 is 0 Å². The molecule has 3 aromatic rings. The van der Waals surface area contributed by atoms with Crippen LogP contribution in [0.1, 0.15) is 35.4 Å².